The molecule has 0 spiro atoms. The second-order valence-electron chi connectivity index (χ2n) is 7.55. The second-order valence-corrected chi connectivity index (χ2v) is 8.40. The Balaban J connectivity index is 1.80. The van der Waals surface area contributed by atoms with Gasteiger partial charge in [-0.15, -0.1) is 0 Å². The number of ketones is 1. The minimum Gasteiger partial charge on any atom is -0.493 e. The molecule has 1 aliphatic carbocycles. The maximum absolute atomic E-state index is 13.5. The Morgan fingerprint density at radius 3 is 2.48 bits per heavy atom. The van der Waals surface area contributed by atoms with Crippen LogP contribution in [0.4, 0.5) is 5.82 Å². The van der Waals surface area contributed by atoms with Crippen molar-refractivity contribution >= 4 is 39.2 Å². The number of halogens is 1. The number of esters is 1. The number of methoxy groups -OCH3 is 1. The molecule has 166 valence electrons. The van der Waals surface area contributed by atoms with Crippen molar-refractivity contribution in [1.29, 1.82) is 0 Å². The molecule has 33 heavy (non-hydrogen) atoms. The van der Waals surface area contributed by atoms with Gasteiger partial charge in [0.25, 0.3) is 5.56 Å². The number of rotatable bonds is 3. The molecule has 5 rings (SSSR count). The van der Waals surface area contributed by atoms with Gasteiger partial charge in [-0.3, -0.25) is 24.4 Å². The van der Waals surface area contributed by atoms with Crippen molar-refractivity contribution in [2.45, 2.75) is 12.8 Å². The van der Waals surface area contributed by atoms with E-state index in [1.165, 1.54) is 14.0 Å². The van der Waals surface area contributed by atoms with E-state index in [4.69, 9.17) is 9.47 Å². The molecule has 2 heterocycles. The fraction of sp³-hybridized carbons (Fsp3) is 0.130. The van der Waals surface area contributed by atoms with E-state index in [2.05, 4.69) is 31.2 Å². The van der Waals surface area contributed by atoms with Crippen molar-refractivity contribution in [3.05, 3.63) is 89.5 Å². The standard InChI is InChI=1S/C23H16BrN3O6/c1-9(28)33-20-13(24)7-10(8-14(20)32-2)15-16-18(11-5-3-4-6-12(11)19(16)29)25-21-17(15)22(30)27-23(31)26-21/h3-8,15H,1-2H3,(H3,25,26,27,30,31). The number of carbonyl (C=O) groups is 2. The lowest BCUT2D eigenvalue weighted by molar-refractivity contribution is -0.132. The van der Waals surface area contributed by atoms with Crippen molar-refractivity contribution in [1.82, 2.24) is 9.97 Å². The first-order valence-electron chi connectivity index (χ1n) is 9.87. The Morgan fingerprint density at radius 2 is 1.79 bits per heavy atom. The SMILES string of the molecule is COc1cc(C2C3=C(Nc4[nH]c(=O)[nH]c(=O)c42)c2ccccc2C3=O)cc(Br)c1OC(C)=O. The highest BCUT2D eigenvalue weighted by Gasteiger charge is 2.42. The third kappa shape index (κ3) is 3.21. The Morgan fingerprint density at radius 1 is 1.06 bits per heavy atom. The zero-order valence-corrected chi connectivity index (χ0v) is 19.0. The van der Waals surface area contributed by atoms with Crippen molar-refractivity contribution in [3.8, 4) is 11.5 Å². The van der Waals surface area contributed by atoms with Crippen molar-refractivity contribution in [2.24, 2.45) is 0 Å². The van der Waals surface area contributed by atoms with E-state index in [0.717, 1.165) is 0 Å². The number of aromatic amines is 2. The summed E-state index contributed by atoms with van der Waals surface area (Å²) in [5.74, 6) is -0.971. The molecule has 1 aromatic heterocycles. The number of nitrogens with one attached hydrogen (secondary N) is 3. The molecule has 1 unspecified atom stereocenters. The molecule has 9 nitrogen and oxygen atoms in total. The summed E-state index contributed by atoms with van der Waals surface area (Å²) in [6.45, 7) is 1.27. The molecule has 1 aliphatic heterocycles. The summed E-state index contributed by atoms with van der Waals surface area (Å²) >= 11 is 3.40. The normalized spacial score (nSPS) is 16.0. The van der Waals surface area contributed by atoms with Crippen LogP contribution >= 0.6 is 15.9 Å². The van der Waals surface area contributed by atoms with Crippen LogP contribution in [0.5, 0.6) is 11.5 Å². The van der Waals surface area contributed by atoms with Gasteiger partial charge in [0.15, 0.2) is 17.3 Å². The summed E-state index contributed by atoms with van der Waals surface area (Å²) in [6.07, 6.45) is 0. The number of benzene rings is 2. The molecule has 2 aliphatic rings. The number of hydrogen-bond acceptors (Lipinski definition) is 7. The number of Topliss-reactive ketones (excluding diaryl/α,β-unsaturated/α-hetero) is 1. The van der Waals surface area contributed by atoms with Crippen LogP contribution in [0.3, 0.4) is 0 Å². The van der Waals surface area contributed by atoms with Crippen LogP contribution < -0.4 is 26.0 Å². The van der Waals surface area contributed by atoms with Crippen LogP contribution in [0.2, 0.25) is 0 Å². The molecule has 0 fully saturated rings. The monoisotopic (exact) mass is 509 g/mol. The van der Waals surface area contributed by atoms with Crippen LogP contribution in [0.25, 0.3) is 5.70 Å². The molecule has 0 saturated carbocycles. The summed E-state index contributed by atoms with van der Waals surface area (Å²) in [5.41, 5.74) is 1.48. The molecule has 0 bridgehead atoms. The highest BCUT2D eigenvalue weighted by atomic mass is 79.9. The lowest BCUT2D eigenvalue weighted by Crippen LogP contribution is -2.33. The highest BCUT2D eigenvalue weighted by molar-refractivity contribution is 9.10. The molecular weight excluding hydrogens is 494 g/mol. The quantitative estimate of drug-likeness (QED) is 0.365. The van der Waals surface area contributed by atoms with E-state index >= 15 is 0 Å². The lowest BCUT2D eigenvalue weighted by Gasteiger charge is -2.28. The Bertz CT molecular complexity index is 1520. The highest BCUT2D eigenvalue weighted by Crippen LogP contribution is 2.49. The van der Waals surface area contributed by atoms with Crippen LogP contribution in [0.15, 0.2) is 56.0 Å². The minimum atomic E-state index is -0.826. The van der Waals surface area contributed by atoms with E-state index in [0.29, 0.717) is 32.4 Å². The molecule has 0 radical (unpaired) electrons. The molecule has 0 amide bonds. The van der Waals surface area contributed by atoms with Gasteiger partial charge >= 0.3 is 11.7 Å². The first-order chi connectivity index (χ1) is 15.8. The molecule has 3 aromatic rings. The van der Waals surface area contributed by atoms with E-state index in [-0.39, 0.29) is 28.7 Å². The first kappa shape index (κ1) is 21.0. The molecule has 3 N–H and O–H groups in total. The number of carbonyl (C=O) groups excluding carboxylic acids is 2. The van der Waals surface area contributed by atoms with Crippen LogP contribution in [-0.2, 0) is 4.79 Å². The van der Waals surface area contributed by atoms with Crippen molar-refractivity contribution < 1.29 is 19.1 Å². The molecule has 10 heteroatoms. The van der Waals surface area contributed by atoms with Gasteiger partial charge in [-0.1, -0.05) is 24.3 Å². The first-order valence-corrected chi connectivity index (χ1v) is 10.7. The maximum Gasteiger partial charge on any atom is 0.327 e. The summed E-state index contributed by atoms with van der Waals surface area (Å²) in [4.78, 5) is 54.8. The van der Waals surface area contributed by atoms with Gasteiger partial charge in [-0.05, 0) is 33.6 Å². The largest absolute Gasteiger partial charge is 0.493 e. The molecule has 1 atom stereocenters. The van der Waals surface area contributed by atoms with E-state index < -0.39 is 23.1 Å². The van der Waals surface area contributed by atoms with Gasteiger partial charge in [-0.2, -0.15) is 0 Å². The van der Waals surface area contributed by atoms with Crippen LogP contribution in [-0.4, -0.2) is 28.8 Å². The van der Waals surface area contributed by atoms with E-state index in [1.54, 1.807) is 30.3 Å². The smallest absolute Gasteiger partial charge is 0.327 e. The van der Waals surface area contributed by atoms with Gasteiger partial charge in [0.2, 0.25) is 0 Å². The molecular formula is C23H16BrN3O6. The van der Waals surface area contributed by atoms with Gasteiger partial charge in [0.05, 0.1) is 22.8 Å². The number of anilines is 1. The van der Waals surface area contributed by atoms with Crippen LogP contribution in [0, 0.1) is 0 Å². The summed E-state index contributed by atoms with van der Waals surface area (Å²) < 4.78 is 11.1. The maximum atomic E-state index is 13.5. The topological polar surface area (TPSA) is 130 Å². The zero-order chi connectivity index (χ0) is 23.4. The summed E-state index contributed by atoms with van der Waals surface area (Å²) in [5, 5.41) is 3.08. The van der Waals surface area contributed by atoms with Crippen molar-refractivity contribution in [3.63, 3.8) is 0 Å². The van der Waals surface area contributed by atoms with Gasteiger partial charge in [0, 0.05) is 29.5 Å². The fourth-order valence-electron chi connectivity index (χ4n) is 4.33. The number of H-pyrrole nitrogens is 2. The second kappa shape index (κ2) is 7.59. The van der Waals surface area contributed by atoms with Gasteiger partial charge in [-0.25, -0.2) is 4.79 Å². The average Bonchev–Trinajstić information content (AvgIpc) is 3.05. The number of allylic oxidation sites excluding steroid dienone is 1. The van der Waals surface area contributed by atoms with Crippen molar-refractivity contribution in [2.75, 3.05) is 12.4 Å². The molecule has 2 aromatic carbocycles. The number of fused-ring (bicyclic) bond motifs is 3. The summed E-state index contributed by atoms with van der Waals surface area (Å²) in [6, 6.07) is 10.4. The fourth-order valence-corrected chi connectivity index (χ4v) is 4.88. The Hall–Kier alpha value is -3.92. The summed E-state index contributed by atoms with van der Waals surface area (Å²) in [7, 11) is 1.42. The van der Waals surface area contributed by atoms with Crippen LogP contribution in [0.1, 0.15) is 39.9 Å². The lowest BCUT2D eigenvalue weighted by atomic mass is 9.81. The third-order valence-corrected chi connectivity index (χ3v) is 6.18. The number of aromatic nitrogens is 2. The van der Waals surface area contributed by atoms with E-state index in [1.807, 2.05) is 6.07 Å². The third-order valence-electron chi connectivity index (χ3n) is 5.59. The number of hydrogen-bond donors (Lipinski definition) is 3. The minimum absolute atomic E-state index is 0.175. The van der Waals surface area contributed by atoms with Gasteiger partial charge in [0.1, 0.15) is 5.82 Å². The number of ether oxygens (including phenoxy) is 2. The van der Waals surface area contributed by atoms with Gasteiger partial charge < -0.3 is 14.8 Å². The van der Waals surface area contributed by atoms with E-state index in [9.17, 15) is 19.2 Å². The predicted octanol–water partition coefficient (Wildman–Crippen LogP) is 2.92. The Kier molecular flexibility index (Phi) is 4.82. The molecule has 0 saturated heterocycles. The Labute approximate surface area is 194 Å². The average molecular weight is 510 g/mol. The predicted molar refractivity (Wildman–Crippen MR) is 123 cm³/mol. The zero-order valence-electron chi connectivity index (χ0n) is 17.4.